The van der Waals surface area contributed by atoms with Crippen LogP contribution in [0.2, 0.25) is 5.02 Å². The van der Waals surface area contributed by atoms with Crippen LogP contribution in [0.25, 0.3) is 0 Å². The molecule has 108 valence electrons. The first kappa shape index (κ1) is 15.1. The van der Waals surface area contributed by atoms with Crippen LogP contribution in [0.15, 0.2) is 22.7 Å². The number of carbonyl (C=O) groups excluding carboxylic acids is 1. The van der Waals surface area contributed by atoms with Gasteiger partial charge in [-0.25, -0.2) is 9.59 Å². The van der Waals surface area contributed by atoms with Crippen molar-refractivity contribution in [2.24, 2.45) is 5.92 Å². The standard InChI is InChI=1S/C13H14BrClN2O3/c1-7-4-5-17(11(7)12(18)19)13(20)16-10-6-8(14)2-3-9(10)15/h2-3,6-7,11H,4-5H2,1H3,(H,16,20)(H,18,19). The number of hydrogen-bond acceptors (Lipinski definition) is 2. The second-order valence-electron chi connectivity index (χ2n) is 4.80. The van der Waals surface area contributed by atoms with Gasteiger partial charge in [-0.15, -0.1) is 0 Å². The summed E-state index contributed by atoms with van der Waals surface area (Å²) in [6.45, 7) is 2.26. The van der Waals surface area contributed by atoms with Gasteiger partial charge in [0, 0.05) is 11.0 Å². The largest absolute Gasteiger partial charge is 0.480 e. The van der Waals surface area contributed by atoms with Crippen LogP contribution in [-0.2, 0) is 4.79 Å². The van der Waals surface area contributed by atoms with Gasteiger partial charge in [0.2, 0.25) is 0 Å². The van der Waals surface area contributed by atoms with E-state index in [1.54, 1.807) is 18.2 Å². The third-order valence-electron chi connectivity index (χ3n) is 3.38. The Bertz CT molecular complexity index is 552. The van der Waals surface area contributed by atoms with Gasteiger partial charge in [0.05, 0.1) is 10.7 Å². The van der Waals surface area contributed by atoms with E-state index >= 15 is 0 Å². The Labute approximate surface area is 130 Å². The molecule has 1 saturated heterocycles. The summed E-state index contributed by atoms with van der Waals surface area (Å²) in [6, 6.07) is 3.86. The predicted octanol–water partition coefficient (Wildman–Crippen LogP) is 3.43. The van der Waals surface area contributed by atoms with Crippen molar-refractivity contribution in [1.82, 2.24) is 4.90 Å². The normalized spacial score (nSPS) is 21.9. The van der Waals surface area contributed by atoms with E-state index in [1.807, 2.05) is 6.92 Å². The summed E-state index contributed by atoms with van der Waals surface area (Å²) in [4.78, 5) is 24.8. The third kappa shape index (κ3) is 3.07. The molecular weight excluding hydrogens is 348 g/mol. The number of likely N-dealkylation sites (tertiary alicyclic amines) is 1. The lowest BCUT2D eigenvalue weighted by Gasteiger charge is -2.24. The number of amides is 2. The molecule has 0 spiro atoms. The molecule has 20 heavy (non-hydrogen) atoms. The highest BCUT2D eigenvalue weighted by Crippen LogP contribution is 2.28. The number of nitrogens with one attached hydrogen (secondary N) is 1. The Kier molecular flexibility index (Phi) is 4.55. The van der Waals surface area contributed by atoms with E-state index in [1.165, 1.54) is 4.90 Å². The maximum atomic E-state index is 12.2. The number of urea groups is 1. The molecule has 0 aliphatic carbocycles. The highest BCUT2D eigenvalue weighted by atomic mass is 79.9. The zero-order chi connectivity index (χ0) is 14.9. The number of benzene rings is 1. The van der Waals surface area contributed by atoms with Crippen molar-refractivity contribution in [2.75, 3.05) is 11.9 Å². The average Bonchev–Trinajstić information content (AvgIpc) is 2.76. The molecule has 2 rings (SSSR count). The fourth-order valence-corrected chi connectivity index (χ4v) is 2.86. The van der Waals surface area contributed by atoms with Crippen LogP contribution in [0, 0.1) is 5.92 Å². The van der Waals surface area contributed by atoms with Crippen LogP contribution in [0.5, 0.6) is 0 Å². The van der Waals surface area contributed by atoms with Crippen molar-refractivity contribution in [2.45, 2.75) is 19.4 Å². The Hall–Kier alpha value is -1.27. The summed E-state index contributed by atoms with van der Waals surface area (Å²) in [5.41, 5.74) is 0.453. The predicted molar refractivity (Wildman–Crippen MR) is 80.1 cm³/mol. The van der Waals surface area contributed by atoms with Crippen LogP contribution in [0.4, 0.5) is 10.5 Å². The third-order valence-corrected chi connectivity index (χ3v) is 4.21. The molecule has 0 bridgehead atoms. The number of rotatable bonds is 2. The molecule has 1 heterocycles. The Morgan fingerprint density at radius 2 is 2.20 bits per heavy atom. The number of anilines is 1. The van der Waals surface area contributed by atoms with Gasteiger partial charge in [-0.2, -0.15) is 0 Å². The topological polar surface area (TPSA) is 69.6 Å². The molecule has 7 heteroatoms. The molecule has 1 aliphatic rings. The van der Waals surface area contributed by atoms with Crippen LogP contribution >= 0.6 is 27.5 Å². The summed E-state index contributed by atoms with van der Waals surface area (Å²) in [5, 5.41) is 12.3. The molecule has 2 amide bonds. The fourth-order valence-electron chi connectivity index (χ4n) is 2.33. The fraction of sp³-hybridized carbons (Fsp3) is 0.385. The molecule has 0 radical (unpaired) electrons. The van der Waals surface area contributed by atoms with E-state index in [0.717, 1.165) is 4.47 Å². The first-order valence-corrected chi connectivity index (χ1v) is 7.32. The van der Waals surface area contributed by atoms with Gasteiger partial charge in [-0.05, 0) is 30.5 Å². The van der Waals surface area contributed by atoms with Crippen molar-refractivity contribution in [3.8, 4) is 0 Å². The second kappa shape index (κ2) is 6.01. The molecule has 0 aromatic heterocycles. The van der Waals surface area contributed by atoms with Gasteiger partial charge in [0.25, 0.3) is 0 Å². The smallest absolute Gasteiger partial charge is 0.326 e. The van der Waals surface area contributed by atoms with Gasteiger partial charge in [-0.3, -0.25) is 0 Å². The van der Waals surface area contributed by atoms with E-state index in [9.17, 15) is 14.7 Å². The first-order chi connectivity index (χ1) is 9.40. The van der Waals surface area contributed by atoms with Crippen molar-refractivity contribution >= 4 is 45.2 Å². The summed E-state index contributed by atoms with van der Waals surface area (Å²) in [7, 11) is 0. The van der Waals surface area contributed by atoms with E-state index in [-0.39, 0.29) is 5.92 Å². The van der Waals surface area contributed by atoms with E-state index in [2.05, 4.69) is 21.2 Å². The summed E-state index contributed by atoms with van der Waals surface area (Å²) in [6.07, 6.45) is 0.677. The van der Waals surface area contributed by atoms with E-state index < -0.39 is 18.0 Å². The average molecular weight is 362 g/mol. The molecule has 5 nitrogen and oxygen atoms in total. The minimum absolute atomic E-state index is 0.0590. The zero-order valence-electron chi connectivity index (χ0n) is 10.8. The van der Waals surface area contributed by atoms with Crippen LogP contribution in [0.3, 0.4) is 0 Å². The summed E-state index contributed by atoms with van der Waals surface area (Å²) < 4.78 is 0.779. The van der Waals surface area contributed by atoms with Crippen molar-refractivity contribution in [3.63, 3.8) is 0 Å². The van der Waals surface area contributed by atoms with Gasteiger partial charge < -0.3 is 15.3 Å². The molecule has 1 aromatic rings. The number of carbonyl (C=O) groups is 2. The molecule has 1 aliphatic heterocycles. The highest BCUT2D eigenvalue weighted by Gasteiger charge is 2.39. The van der Waals surface area contributed by atoms with Crippen molar-refractivity contribution < 1.29 is 14.7 Å². The molecule has 2 atom stereocenters. The highest BCUT2D eigenvalue weighted by molar-refractivity contribution is 9.10. The minimum atomic E-state index is -0.981. The van der Waals surface area contributed by atoms with Crippen molar-refractivity contribution in [3.05, 3.63) is 27.7 Å². The zero-order valence-corrected chi connectivity index (χ0v) is 13.1. The maximum absolute atomic E-state index is 12.2. The monoisotopic (exact) mass is 360 g/mol. The molecule has 1 fully saturated rings. The van der Waals surface area contributed by atoms with Crippen LogP contribution in [0.1, 0.15) is 13.3 Å². The van der Waals surface area contributed by atoms with E-state index in [4.69, 9.17) is 11.6 Å². The lowest BCUT2D eigenvalue weighted by atomic mass is 10.0. The summed E-state index contributed by atoms with van der Waals surface area (Å²) in [5.74, 6) is -1.04. The van der Waals surface area contributed by atoms with E-state index in [0.29, 0.717) is 23.7 Å². The molecular formula is C13H14BrClN2O3. The lowest BCUT2D eigenvalue weighted by Crippen LogP contribution is -2.44. The summed E-state index contributed by atoms with van der Waals surface area (Å²) >= 11 is 9.30. The molecule has 2 N–H and O–H groups in total. The Balaban J connectivity index is 2.16. The van der Waals surface area contributed by atoms with Crippen LogP contribution in [-0.4, -0.2) is 34.6 Å². The maximum Gasteiger partial charge on any atom is 0.326 e. The van der Waals surface area contributed by atoms with Gasteiger partial charge >= 0.3 is 12.0 Å². The van der Waals surface area contributed by atoms with Gasteiger partial charge in [0.15, 0.2) is 0 Å². The minimum Gasteiger partial charge on any atom is -0.480 e. The second-order valence-corrected chi connectivity index (χ2v) is 6.12. The molecule has 0 saturated carbocycles. The molecule has 1 aromatic carbocycles. The SMILES string of the molecule is CC1CCN(C(=O)Nc2cc(Br)ccc2Cl)C1C(=O)O. The number of hydrogen-bond donors (Lipinski definition) is 2. The van der Waals surface area contributed by atoms with Gasteiger partial charge in [0.1, 0.15) is 6.04 Å². The Morgan fingerprint density at radius 1 is 1.50 bits per heavy atom. The quantitative estimate of drug-likeness (QED) is 0.848. The van der Waals surface area contributed by atoms with Crippen LogP contribution < -0.4 is 5.32 Å². The number of nitrogens with zero attached hydrogens (tertiary/aromatic N) is 1. The number of halogens is 2. The lowest BCUT2D eigenvalue weighted by molar-refractivity contribution is -0.142. The van der Waals surface area contributed by atoms with Gasteiger partial charge in [-0.1, -0.05) is 34.5 Å². The Morgan fingerprint density at radius 3 is 2.85 bits per heavy atom. The number of aliphatic carboxylic acids is 1. The first-order valence-electron chi connectivity index (χ1n) is 6.15. The molecule has 2 unspecified atom stereocenters. The number of carboxylic acid groups (broad SMARTS) is 1. The number of carboxylic acids is 1. The van der Waals surface area contributed by atoms with Crippen molar-refractivity contribution in [1.29, 1.82) is 0 Å².